The van der Waals surface area contributed by atoms with Crippen LogP contribution < -0.4 is 5.32 Å². The third-order valence-electron chi connectivity index (χ3n) is 4.29. The summed E-state index contributed by atoms with van der Waals surface area (Å²) in [7, 11) is 1.59. The molecule has 2 aromatic carbocycles. The van der Waals surface area contributed by atoms with Crippen LogP contribution in [0.1, 0.15) is 29.2 Å². The standard InChI is InChI=1S/C21H26N2O2/c1-15-7-5-9-18(11-15)13-20(24)23(17(3)21(25)22-4)14-19-10-6-8-16(2)12-19/h5-12,17H,13-14H2,1-4H3,(H,22,25)/t17-/m1/s1. The van der Waals surface area contributed by atoms with Gasteiger partial charge in [0.25, 0.3) is 0 Å². The van der Waals surface area contributed by atoms with Gasteiger partial charge in [-0.25, -0.2) is 0 Å². The highest BCUT2D eigenvalue weighted by Gasteiger charge is 2.25. The number of amides is 2. The van der Waals surface area contributed by atoms with Crippen LogP contribution in [0.5, 0.6) is 0 Å². The number of rotatable bonds is 6. The molecular weight excluding hydrogens is 312 g/mol. The molecule has 1 atom stereocenters. The van der Waals surface area contributed by atoms with Crippen LogP contribution in [0, 0.1) is 13.8 Å². The van der Waals surface area contributed by atoms with E-state index in [-0.39, 0.29) is 18.2 Å². The largest absolute Gasteiger partial charge is 0.357 e. The molecule has 1 N–H and O–H groups in total. The minimum absolute atomic E-state index is 0.0526. The van der Waals surface area contributed by atoms with Gasteiger partial charge in [0.15, 0.2) is 0 Å². The summed E-state index contributed by atoms with van der Waals surface area (Å²) in [5.74, 6) is -0.214. The molecule has 0 bridgehead atoms. The molecule has 0 radical (unpaired) electrons. The number of hydrogen-bond donors (Lipinski definition) is 1. The Morgan fingerprint density at radius 1 is 1.00 bits per heavy atom. The van der Waals surface area contributed by atoms with Gasteiger partial charge in [-0.2, -0.15) is 0 Å². The first kappa shape index (κ1) is 18.7. The molecule has 132 valence electrons. The normalized spacial score (nSPS) is 11.7. The smallest absolute Gasteiger partial charge is 0.242 e. The maximum absolute atomic E-state index is 12.9. The maximum atomic E-state index is 12.9. The molecule has 0 fully saturated rings. The quantitative estimate of drug-likeness (QED) is 0.880. The summed E-state index contributed by atoms with van der Waals surface area (Å²) in [6.07, 6.45) is 0.287. The summed E-state index contributed by atoms with van der Waals surface area (Å²) >= 11 is 0. The van der Waals surface area contributed by atoms with E-state index in [1.807, 2.05) is 62.4 Å². The van der Waals surface area contributed by atoms with Gasteiger partial charge in [-0.1, -0.05) is 59.7 Å². The van der Waals surface area contributed by atoms with E-state index in [1.165, 1.54) is 0 Å². The molecule has 0 saturated carbocycles. The van der Waals surface area contributed by atoms with Gasteiger partial charge in [-0.15, -0.1) is 0 Å². The second kappa shape index (κ2) is 8.47. The molecule has 0 aromatic heterocycles. The van der Waals surface area contributed by atoms with Gasteiger partial charge in [0.2, 0.25) is 11.8 Å². The van der Waals surface area contributed by atoms with Gasteiger partial charge in [-0.3, -0.25) is 9.59 Å². The van der Waals surface area contributed by atoms with Crippen molar-refractivity contribution in [3.63, 3.8) is 0 Å². The molecule has 0 saturated heterocycles. The molecule has 4 nitrogen and oxygen atoms in total. The zero-order valence-electron chi connectivity index (χ0n) is 15.4. The number of likely N-dealkylation sites (N-methyl/N-ethyl adjacent to an activating group) is 1. The van der Waals surface area contributed by atoms with Crippen LogP contribution in [-0.4, -0.2) is 29.8 Å². The van der Waals surface area contributed by atoms with Crippen molar-refractivity contribution in [2.24, 2.45) is 0 Å². The van der Waals surface area contributed by atoms with Crippen molar-refractivity contribution in [2.75, 3.05) is 7.05 Å². The van der Waals surface area contributed by atoms with Gasteiger partial charge >= 0.3 is 0 Å². The number of benzene rings is 2. The van der Waals surface area contributed by atoms with E-state index < -0.39 is 6.04 Å². The van der Waals surface area contributed by atoms with Gasteiger partial charge in [0.05, 0.1) is 6.42 Å². The Bertz CT molecular complexity index is 755. The average molecular weight is 338 g/mol. The van der Waals surface area contributed by atoms with E-state index in [1.54, 1.807) is 18.9 Å². The van der Waals surface area contributed by atoms with Crippen molar-refractivity contribution in [3.05, 3.63) is 70.8 Å². The first-order valence-corrected chi connectivity index (χ1v) is 8.53. The second-order valence-electron chi connectivity index (χ2n) is 6.47. The molecule has 4 heteroatoms. The summed E-state index contributed by atoms with van der Waals surface area (Å²) in [6, 6.07) is 15.4. The minimum Gasteiger partial charge on any atom is -0.357 e. The minimum atomic E-state index is -0.525. The lowest BCUT2D eigenvalue weighted by molar-refractivity contribution is -0.139. The van der Waals surface area contributed by atoms with E-state index in [0.29, 0.717) is 6.54 Å². The van der Waals surface area contributed by atoms with E-state index >= 15 is 0 Å². The van der Waals surface area contributed by atoms with Gasteiger partial charge in [-0.05, 0) is 31.9 Å². The maximum Gasteiger partial charge on any atom is 0.242 e. The van der Waals surface area contributed by atoms with Crippen LogP contribution >= 0.6 is 0 Å². The number of nitrogens with zero attached hydrogens (tertiary/aromatic N) is 1. The molecule has 2 aromatic rings. The predicted molar refractivity (Wildman–Crippen MR) is 100 cm³/mol. The monoisotopic (exact) mass is 338 g/mol. The molecule has 0 unspecified atom stereocenters. The summed E-state index contributed by atoms with van der Waals surface area (Å²) in [6.45, 7) is 6.21. The zero-order valence-corrected chi connectivity index (χ0v) is 15.4. The Morgan fingerprint density at radius 3 is 2.12 bits per heavy atom. The Morgan fingerprint density at radius 2 is 1.56 bits per heavy atom. The van der Waals surface area contributed by atoms with E-state index in [2.05, 4.69) is 5.32 Å². The fraction of sp³-hybridized carbons (Fsp3) is 0.333. The van der Waals surface area contributed by atoms with E-state index in [9.17, 15) is 9.59 Å². The topological polar surface area (TPSA) is 49.4 Å². The lowest BCUT2D eigenvalue weighted by atomic mass is 10.1. The average Bonchev–Trinajstić information content (AvgIpc) is 2.58. The van der Waals surface area contributed by atoms with Crippen molar-refractivity contribution in [3.8, 4) is 0 Å². The SMILES string of the molecule is CNC(=O)[C@@H](C)N(Cc1cccc(C)c1)C(=O)Cc1cccc(C)c1. The van der Waals surface area contributed by atoms with Gasteiger partial charge in [0.1, 0.15) is 6.04 Å². The third kappa shape index (κ3) is 5.18. The fourth-order valence-electron chi connectivity index (χ4n) is 2.90. The molecular formula is C21H26N2O2. The van der Waals surface area contributed by atoms with Crippen molar-refractivity contribution < 1.29 is 9.59 Å². The Labute approximate surface area is 149 Å². The molecule has 2 amide bonds. The number of carbonyl (C=O) groups excluding carboxylic acids is 2. The van der Waals surface area contributed by atoms with Crippen molar-refractivity contribution in [2.45, 2.75) is 39.8 Å². The summed E-state index contributed by atoms with van der Waals surface area (Å²) in [4.78, 5) is 26.7. The van der Waals surface area contributed by atoms with Crippen molar-refractivity contribution in [1.82, 2.24) is 10.2 Å². The molecule has 0 aliphatic rings. The molecule has 25 heavy (non-hydrogen) atoms. The summed E-state index contributed by atoms with van der Waals surface area (Å²) in [5, 5.41) is 2.64. The zero-order chi connectivity index (χ0) is 18.4. The first-order chi connectivity index (χ1) is 11.9. The number of carbonyl (C=O) groups is 2. The predicted octanol–water partition coefficient (Wildman–Crippen LogP) is 3.01. The Hall–Kier alpha value is -2.62. The third-order valence-corrected chi connectivity index (χ3v) is 4.29. The number of aryl methyl sites for hydroxylation is 2. The van der Waals surface area contributed by atoms with Crippen LogP contribution in [-0.2, 0) is 22.6 Å². The lowest BCUT2D eigenvalue weighted by Crippen LogP contribution is -2.47. The second-order valence-corrected chi connectivity index (χ2v) is 6.47. The Kier molecular flexibility index (Phi) is 6.34. The number of hydrogen-bond acceptors (Lipinski definition) is 2. The van der Waals surface area contributed by atoms with Crippen molar-refractivity contribution >= 4 is 11.8 Å². The van der Waals surface area contributed by atoms with Crippen LogP contribution in [0.25, 0.3) is 0 Å². The fourth-order valence-corrected chi connectivity index (χ4v) is 2.90. The van der Waals surface area contributed by atoms with Crippen LogP contribution in [0.15, 0.2) is 48.5 Å². The first-order valence-electron chi connectivity index (χ1n) is 8.53. The Balaban J connectivity index is 2.23. The summed E-state index contributed by atoms with van der Waals surface area (Å²) in [5.41, 5.74) is 4.24. The molecule has 0 spiro atoms. The number of nitrogens with one attached hydrogen (secondary N) is 1. The molecule has 0 heterocycles. The molecule has 0 aliphatic carbocycles. The van der Waals surface area contributed by atoms with Crippen LogP contribution in [0.2, 0.25) is 0 Å². The van der Waals surface area contributed by atoms with E-state index in [4.69, 9.17) is 0 Å². The van der Waals surface area contributed by atoms with Crippen LogP contribution in [0.3, 0.4) is 0 Å². The summed E-state index contributed by atoms with van der Waals surface area (Å²) < 4.78 is 0. The highest BCUT2D eigenvalue weighted by atomic mass is 16.2. The van der Waals surface area contributed by atoms with Gasteiger partial charge < -0.3 is 10.2 Å². The molecule has 0 aliphatic heterocycles. The van der Waals surface area contributed by atoms with Gasteiger partial charge in [0, 0.05) is 13.6 Å². The van der Waals surface area contributed by atoms with E-state index in [0.717, 1.165) is 22.3 Å². The molecule has 2 rings (SSSR count). The lowest BCUT2D eigenvalue weighted by Gasteiger charge is -2.28. The van der Waals surface area contributed by atoms with Crippen molar-refractivity contribution in [1.29, 1.82) is 0 Å². The highest BCUT2D eigenvalue weighted by molar-refractivity contribution is 5.88. The van der Waals surface area contributed by atoms with Crippen LogP contribution in [0.4, 0.5) is 0 Å². The highest BCUT2D eigenvalue weighted by Crippen LogP contribution is 2.14.